The molecule has 21 heavy (non-hydrogen) atoms. The quantitative estimate of drug-likeness (QED) is 0.636. The minimum Gasteiger partial charge on any atom is -0.385 e. The van der Waals surface area contributed by atoms with Crippen molar-refractivity contribution < 1.29 is 9.47 Å². The van der Waals surface area contributed by atoms with E-state index in [4.69, 9.17) is 9.47 Å². The van der Waals surface area contributed by atoms with Crippen LogP contribution in [0.4, 0.5) is 5.69 Å². The first kappa shape index (κ1) is 18.0. The fourth-order valence-electron chi connectivity index (χ4n) is 2.31. The zero-order valence-corrected chi connectivity index (χ0v) is 13.9. The van der Waals surface area contributed by atoms with Crippen molar-refractivity contribution in [3.63, 3.8) is 0 Å². The van der Waals surface area contributed by atoms with Crippen molar-refractivity contribution in [1.29, 1.82) is 0 Å². The number of benzene rings is 1. The van der Waals surface area contributed by atoms with Gasteiger partial charge < -0.3 is 19.7 Å². The normalized spacial score (nSPS) is 10.9. The maximum Gasteiger partial charge on any atom is 0.0637 e. The highest BCUT2D eigenvalue weighted by atomic mass is 16.5. The number of hydrogen-bond donors (Lipinski definition) is 1. The molecule has 1 rings (SSSR count). The first-order valence-corrected chi connectivity index (χ1v) is 7.76. The second kappa shape index (κ2) is 10.6. The molecule has 1 N–H and O–H groups in total. The Hall–Kier alpha value is -1.10. The number of hydrogen-bond acceptors (Lipinski definition) is 4. The van der Waals surface area contributed by atoms with Crippen LogP contribution in [0, 0.1) is 6.92 Å². The van der Waals surface area contributed by atoms with Gasteiger partial charge in [0.25, 0.3) is 0 Å². The van der Waals surface area contributed by atoms with Gasteiger partial charge in [-0.3, -0.25) is 0 Å². The summed E-state index contributed by atoms with van der Waals surface area (Å²) in [5.74, 6) is 0. The molecule has 4 nitrogen and oxygen atoms in total. The van der Waals surface area contributed by atoms with Gasteiger partial charge in [-0.2, -0.15) is 0 Å². The monoisotopic (exact) mass is 294 g/mol. The Morgan fingerprint density at radius 3 is 2.48 bits per heavy atom. The summed E-state index contributed by atoms with van der Waals surface area (Å²) in [6, 6.07) is 6.71. The Morgan fingerprint density at radius 1 is 1.10 bits per heavy atom. The molecule has 1 aromatic rings. The van der Waals surface area contributed by atoms with E-state index >= 15 is 0 Å². The molecule has 0 aliphatic rings. The summed E-state index contributed by atoms with van der Waals surface area (Å²) in [7, 11) is 3.50. The van der Waals surface area contributed by atoms with Gasteiger partial charge >= 0.3 is 0 Å². The van der Waals surface area contributed by atoms with Gasteiger partial charge in [0, 0.05) is 46.1 Å². The first-order valence-electron chi connectivity index (χ1n) is 7.76. The van der Waals surface area contributed by atoms with E-state index in [2.05, 4.69) is 42.3 Å². The summed E-state index contributed by atoms with van der Waals surface area (Å²) < 4.78 is 10.4. The van der Waals surface area contributed by atoms with Crippen molar-refractivity contribution in [2.75, 3.05) is 52.0 Å². The van der Waals surface area contributed by atoms with Crippen LogP contribution in [0.25, 0.3) is 0 Å². The number of nitrogens with zero attached hydrogens (tertiary/aromatic N) is 1. The van der Waals surface area contributed by atoms with Crippen LogP contribution in [-0.4, -0.2) is 47.1 Å². The number of anilines is 1. The van der Waals surface area contributed by atoms with Crippen LogP contribution in [0.15, 0.2) is 18.2 Å². The Balaban J connectivity index is 2.73. The zero-order chi connectivity index (χ0) is 15.5. The minimum absolute atomic E-state index is 0.741. The first-order chi connectivity index (χ1) is 10.2. The molecule has 0 amide bonds. The molecule has 0 fully saturated rings. The Bertz CT molecular complexity index is 396. The molecule has 4 heteroatoms. The van der Waals surface area contributed by atoms with Gasteiger partial charge in [-0.05, 0) is 43.1 Å². The number of aryl methyl sites for hydroxylation is 1. The molecule has 0 saturated carbocycles. The summed E-state index contributed by atoms with van der Waals surface area (Å²) in [5, 5.41) is 3.38. The lowest BCUT2D eigenvalue weighted by atomic mass is 10.1. The van der Waals surface area contributed by atoms with E-state index in [9.17, 15) is 0 Å². The second-order valence-electron chi connectivity index (χ2n) is 5.22. The number of rotatable bonds is 11. The molecule has 0 aromatic heterocycles. The van der Waals surface area contributed by atoms with E-state index in [1.54, 1.807) is 14.2 Å². The van der Waals surface area contributed by atoms with Crippen LogP contribution in [0.2, 0.25) is 0 Å². The molecule has 0 bridgehead atoms. The second-order valence-corrected chi connectivity index (χ2v) is 5.22. The SMILES string of the molecule is CCNCc1ccc(N(CCCOC)CCOC)cc1C. The predicted molar refractivity (Wildman–Crippen MR) is 89.1 cm³/mol. The van der Waals surface area contributed by atoms with E-state index in [-0.39, 0.29) is 0 Å². The molecule has 0 unspecified atom stereocenters. The van der Waals surface area contributed by atoms with E-state index in [1.165, 1.54) is 16.8 Å². The largest absolute Gasteiger partial charge is 0.385 e. The molecule has 1 aromatic carbocycles. The van der Waals surface area contributed by atoms with Crippen molar-refractivity contribution in [3.8, 4) is 0 Å². The van der Waals surface area contributed by atoms with Gasteiger partial charge in [0.15, 0.2) is 0 Å². The van der Waals surface area contributed by atoms with Crippen LogP contribution < -0.4 is 10.2 Å². The zero-order valence-electron chi connectivity index (χ0n) is 13.9. The molecule has 120 valence electrons. The molecular weight excluding hydrogens is 264 g/mol. The van der Waals surface area contributed by atoms with Gasteiger partial charge in [0.05, 0.1) is 6.61 Å². The molecule has 0 radical (unpaired) electrons. The smallest absolute Gasteiger partial charge is 0.0637 e. The fourth-order valence-corrected chi connectivity index (χ4v) is 2.31. The summed E-state index contributed by atoms with van der Waals surface area (Å²) in [5.41, 5.74) is 3.97. The highest BCUT2D eigenvalue weighted by molar-refractivity contribution is 5.50. The molecule has 0 heterocycles. The van der Waals surface area contributed by atoms with Crippen molar-refractivity contribution >= 4 is 5.69 Å². The summed E-state index contributed by atoms with van der Waals surface area (Å²) in [6.45, 7) is 9.68. The molecule has 0 spiro atoms. The third kappa shape index (κ3) is 6.46. The lowest BCUT2D eigenvalue weighted by Gasteiger charge is -2.25. The number of ether oxygens (including phenoxy) is 2. The van der Waals surface area contributed by atoms with Crippen molar-refractivity contribution in [1.82, 2.24) is 5.32 Å². The van der Waals surface area contributed by atoms with E-state index in [0.29, 0.717) is 0 Å². The Labute approximate surface area is 129 Å². The molecule has 0 saturated heterocycles. The van der Waals surface area contributed by atoms with Crippen LogP contribution in [0.5, 0.6) is 0 Å². The molecule has 0 aliphatic heterocycles. The van der Waals surface area contributed by atoms with E-state index < -0.39 is 0 Å². The topological polar surface area (TPSA) is 33.7 Å². The van der Waals surface area contributed by atoms with Gasteiger partial charge in [-0.1, -0.05) is 13.0 Å². The van der Waals surface area contributed by atoms with Crippen molar-refractivity contribution in [2.24, 2.45) is 0 Å². The number of methoxy groups -OCH3 is 2. The Morgan fingerprint density at radius 2 is 1.86 bits per heavy atom. The predicted octanol–water partition coefficient (Wildman–Crippen LogP) is 2.59. The highest BCUT2D eigenvalue weighted by Crippen LogP contribution is 2.19. The Kier molecular flexibility index (Phi) is 9.06. The fraction of sp³-hybridized carbons (Fsp3) is 0.647. The average molecular weight is 294 g/mol. The minimum atomic E-state index is 0.741. The summed E-state index contributed by atoms with van der Waals surface area (Å²) >= 11 is 0. The number of nitrogens with one attached hydrogen (secondary N) is 1. The molecule has 0 atom stereocenters. The van der Waals surface area contributed by atoms with Crippen LogP contribution >= 0.6 is 0 Å². The third-order valence-corrected chi connectivity index (χ3v) is 3.60. The van der Waals surface area contributed by atoms with Crippen molar-refractivity contribution in [2.45, 2.75) is 26.8 Å². The molecular formula is C17H30N2O2. The highest BCUT2D eigenvalue weighted by Gasteiger charge is 2.08. The third-order valence-electron chi connectivity index (χ3n) is 3.60. The lowest BCUT2D eigenvalue weighted by molar-refractivity contribution is 0.191. The van der Waals surface area contributed by atoms with Crippen LogP contribution in [0.3, 0.4) is 0 Å². The maximum atomic E-state index is 5.22. The van der Waals surface area contributed by atoms with Crippen LogP contribution in [0.1, 0.15) is 24.5 Å². The van der Waals surface area contributed by atoms with Gasteiger partial charge in [-0.15, -0.1) is 0 Å². The summed E-state index contributed by atoms with van der Waals surface area (Å²) in [6.07, 6.45) is 1.03. The van der Waals surface area contributed by atoms with Crippen LogP contribution in [-0.2, 0) is 16.0 Å². The van der Waals surface area contributed by atoms with Gasteiger partial charge in [-0.25, -0.2) is 0 Å². The maximum absolute atomic E-state index is 5.22. The standard InChI is InChI=1S/C17H30N2O2/c1-5-18-14-16-7-8-17(13-15(16)2)19(10-12-21-4)9-6-11-20-3/h7-8,13,18H,5-6,9-12,14H2,1-4H3. The van der Waals surface area contributed by atoms with Gasteiger partial charge in [0.2, 0.25) is 0 Å². The van der Waals surface area contributed by atoms with Crippen molar-refractivity contribution in [3.05, 3.63) is 29.3 Å². The van der Waals surface area contributed by atoms with Gasteiger partial charge in [0.1, 0.15) is 0 Å². The lowest BCUT2D eigenvalue weighted by Crippen LogP contribution is -2.29. The van der Waals surface area contributed by atoms with E-state index in [0.717, 1.165) is 45.8 Å². The van der Waals surface area contributed by atoms with E-state index in [1.807, 2.05) is 0 Å². The molecule has 0 aliphatic carbocycles. The average Bonchev–Trinajstić information content (AvgIpc) is 2.49. The summed E-state index contributed by atoms with van der Waals surface area (Å²) in [4.78, 5) is 2.37.